The van der Waals surface area contributed by atoms with Crippen LogP contribution in [0.15, 0.2) is 126 Å². The van der Waals surface area contributed by atoms with Gasteiger partial charge in [-0.25, -0.2) is 8.42 Å². The molecule has 0 amide bonds. The van der Waals surface area contributed by atoms with Crippen molar-refractivity contribution in [3.05, 3.63) is 137 Å². The molecule has 10 heteroatoms. The van der Waals surface area contributed by atoms with Gasteiger partial charge in [0.15, 0.2) is 0 Å². The van der Waals surface area contributed by atoms with Crippen LogP contribution in [0.1, 0.15) is 11.1 Å². The van der Waals surface area contributed by atoms with E-state index in [0.717, 1.165) is 0 Å². The highest BCUT2D eigenvalue weighted by Gasteiger charge is 2.22. The van der Waals surface area contributed by atoms with Crippen molar-refractivity contribution in [2.45, 2.75) is 4.90 Å². The van der Waals surface area contributed by atoms with Crippen molar-refractivity contribution in [3.63, 3.8) is 0 Å². The Morgan fingerprint density at radius 2 is 1.24 bits per heavy atom. The predicted molar refractivity (Wildman–Crippen MR) is 160 cm³/mol. The molecule has 0 saturated carbocycles. The van der Waals surface area contributed by atoms with E-state index in [4.69, 9.17) is 34.8 Å². The third-order valence-electron chi connectivity index (χ3n) is 5.28. The molecule has 5 nitrogen and oxygen atoms in total. The summed E-state index contributed by atoms with van der Waals surface area (Å²) in [5, 5.41) is 3.72. The van der Waals surface area contributed by atoms with Crippen molar-refractivity contribution < 1.29 is 13.0 Å². The van der Waals surface area contributed by atoms with Gasteiger partial charge in [-0.1, -0.05) is 114 Å². The van der Waals surface area contributed by atoms with Gasteiger partial charge in [0.2, 0.25) is 7.29 Å². The minimum Gasteiger partial charge on any atom is -0.330 e. The van der Waals surface area contributed by atoms with E-state index in [0.29, 0.717) is 11.1 Å². The molecule has 0 radical (unpaired) electrons. The Morgan fingerprint density at radius 3 is 1.79 bits per heavy atom. The largest absolute Gasteiger partial charge is 0.330 e. The molecule has 0 fully saturated rings. The number of sulfonamides is 1. The molecule has 0 aliphatic heterocycles. The van der Waals surface area contributed by atoms with Gasteiger partial charge >= 0.3 is 0 Å². The van der Waals surface area contributed by atoms with E-state index >= 15 is 0 Å². The van der Waals surface area contributed by atoms with Crippen molar-refractivity contribution in [3.8, 4) is 0 Å². The van der Waals surface area contributed by atoms with Crippen molar-refractivity contribution in [1.29, 1.82) is 0 Å². The fourth-order valence-electron chi connectivity index (χ4n) is 3.46. The minimum atomic E-state index is -3.99. The molecular formula is C28H22Cl3N2O3PS. The van der Waals surface area contributed by atoms with E-state index in [2.05, 4.69) is 9.81 Å². The van der Waals surface area contributed by atoms with E-state index in [1.165, 1.54) is 23.8 Å². The standard InChI is InChI=1S/C28H22Cl3N2O3PS/c29-25-16-7-8-17-28(25)33-38(35,36)24-15-9-14-23(18-24)32-37(34,19-26(30)21-10-3-1-4-11-21)20-27(31)22-12-5-2-6-13-22/h1-20,33H,(H,32,34). The van der Waals surface area contributed by atoms with Crippen LogP contribution >= 0.6 is 42.1 Å². The normalized spacial score (nSPS) is 14.0. The van der Waals surface area contributed by atoms with Gasteiger partial charge in [-0.05, 0) is 41.5 Å². The highest BCUT2D eigenvalue weighted by atomic mass is 35.5. The minimum absolute atomic E-state index is 0.0507. The lowest BCUT2D eigenvalue weighted by molar-refractivity contribution is 0.589. The zero-order chi connectivity index (χ0) is 27.2. The van der Waals surface area contributed by atoms with E-state index in [9.17, 15) is 13.0 Å². The molecule has 4 aromatic rings. The van der Waals surface area contributed by atoms with Crippen LogP contribution in [-0.4, -0.2) is 8.42 Å². The van der Waals surface area contributed by atoms with Crippen LogP contribution in [0.5, 0.6) is 0 Å². The smallest absolute Gasteiger partial charge is 0.262 e. The number of hydrogen-bond donors (Lipinski definition) is 2. The average Bonchev–Trinajstić information content (AvgIpc) is 2.91. The Bertz CT molecular complexity index is 1580. The molecule has 0 atom stereocenters. The topological polar surface area (TPSA) is 75.3 Å². The molecular weight excluding hydrogens is 582 g/mol. The van der Waals surface area contributed by atoms with Crippen LogP contribution in [0.4, 0.5) is 11.4 Å². The molecule has 0 unspecified atom stereocenters. The maximum Gasteiger partial charge on any atom is 0.262 e. The van der Waals surface area contributed by atoms with Crippen molar-refractivity contribution in [1.82, 2.24) is 0 Å². The third-order valence-corrected chi connectivity index (χ3v) is 9.82. The van der Waals surface area contributed by atoms with E-state index < -0.39 is 17.3 Å². The first kappa shape index (κ1) is 28.0. The molecule has 0 spiro atoms. The number of anilines is 2. The molecule has 0 saturated heterocycles. The number of para-hydroxylation sites is 1. The summed E-state index contributed by atoms with van der Waals surface area (Å²) in [4.78, 5) is -0.0507. The number of benzene rings is 4. The Morgan fingerprint density at radius 1 is 0.711 bits per heavy atom. The van der Waals surface area contributed by atoms with Gasteiger partial charge in [0.05, 0.1) is 25.7 Å². The van der Waals surface area contributed by atoms with Crippen LogP contribution in [0, 0.1) is 0 Å². The first-order valence-corrected chi connectivity index (χ1v) is 15.7. The average molecular weight is 604 g/mol. The zero-order valence-electron chi connectivity index (χ0n) is 19.8. The predicted octanol–water partition coefficient (Wildman–Crippen LogP) is 9.31. The van der Waals surface area contributed by atoms with Crippen molar-refractivity contribution in [2.75, 3.05) is 9.81 Å². The second kappa shape index (κ2) is 12.2. The molecule has 0 heterocycles. The second-order valence-electron chi connectivity index (χ2n) is 8.12. The van der Waals surface area contributed by atoms with Crippen LogP contribution in [0.25, 0.3) is 10.1 Å². The maximum atomic E-state index is 14.2. The second-order valence-corrected chi connectivity index (χ2v) is 13.2. The van der Waals surface area contributed by atoms with Gasteiger partial charge < -0.3 is 5.09 Å². The summed E-state index contributed by atoms with van der Waals surface area (Å²) in [6.07, 6.45) is 0. The van der Waals surface area contributed by atoms with Crippen molar-refractivity contribution >= 4 is 73.6 Å². The number of nitrogens with one attached hydrogen (secondary N) is 2. The number of rotatable bonds is 9. The molecule has 194 valence electrons. The summed E-state index contributed by atoms with van der Waals surface area (Å²) in [7, 11) is -7.60. The van der Waals surface area contributed by atoms with E-state index in [1.54, 1.807) is 60.7 Å². The monoisotopic (exact) mass is 602 g/mol. The fourth-order valence-corrected chi connectivity index (χ4v) is 7.67. The summed E-state index contributed by atoms with van der Waals surface area (Å²) in [6.45, 7) is 0. The summed E-state index contributed by atoms with van der Waals surface area (Å²) in [5.74, 6) is 2.80. The molecule has 4 aromatic carbocycles. The molecule has 0 aliphatic rings. The lowest BCUT2D eigenvalue weighted by Crippen LogP contribution is -2.13. The quantitative estimate of drug-likeness (QED) is 0.187. The van der Waals surface area contributed by atoms with E-state index in [1.807, 2.05) is 36.4 Å². The van der Waals surface area contributed by atoms with Crippen LogP contribution in [-0.2, 0) is 14.6 Å². The molecule has 38 heavy (non-hydrogen) atoms. The number of hydrogen-bond acceptors (Lipinski definition) is 3. The molecule has 0 bridgehead atoms. The highest BCUT2D eigenvalue weighted by Crippen LogP contribution is 2.53. The van der Waals surface area contributed by atoms with Gasteiger partial charge in [0, 0.05) is 17.3 Å². The van der Waals surface area contributed by atoms with Crippen LogP contribution in [0.2, 0.25) is 5.02 Å². The Labute approximate surface area is 237 Å². The summed E-state index contributed by atoms with van der Waals surface area (Å²) in [5.41, 5.74) is 1.87. The Balaban J connectivity index is 1.71. The Hall–Kier alpha value is -2.99. The summed E-state index contributed by atoms with van der Waals surface area (Å²) in [6, 6.07) is 30.6. The first-order valence-electron chi connectivity index (χ1n) is 11.3. The summed E-state index contributed by atoms with van der Waals surface area (Å²) < 4.78 is 42.8. The number of halogens is 3. The lowest BCUT2D eigenvalue weighted by Gasteiger charge is -2.17. The fraction of sp³-hybridized carbons (Fsp3) is 0. The van der Waals surface area contributed by atoms with Gasteiger partial charge in [-0.15, -0.1) is 0 Å². The van der Waals surface area contributed by atoms with Gasteiger partial charge in [0.1, 0.15) is 0 Å². The Kier molecular flexibility index (Phi) is 9.03. The first-order chi connectivity index (χ1) is 18.2. The van der Waals surface area contributed by atoms with Crippen molar-refractivity contribution in [2.24, 2.45) is 0 Å². The van der Waals surface area contributed by atoms with Gasteiger partial charge in [0.25, 0.3) is 10.0 Å². The molecule has 0 aromatic heterocycles. The lowest BCUT2D eigenvalue weighted by atomic mass is 10.2. The maximum absolute atomic E-state index is 14.2. The molecule has 0 aliphatic carbocycles. The zero-order valence-corrected chi connectivity index (χ0v) is 23.7. The van der Waals surface area contributed by atoms with Crippen LogP contribution in [0.3, 0.4) is 0 Å². The van der Waals surface area contributed by atoms with Gasteiger partial charge in [-0.3, -0.25) is 9.29 Å². The molecule has 4 rings (SSSR count). The SMILES string of the molecule is O=P(C=C(Cl)c1ccccc1)(C=C(Cl)c1ccccc1)Nc1cccc(S(=O)(=O)Nc2ccccc2Cl)c1. The third kappa shape index (κ3) is 7.31. The van der Waals surface area contributed by atoms with Gasteiger partial charge in [-0.2, -0.15) is 0 Å². The van der Waals surface area contributed by atoms with E-state index in [-0.39, 0.29) is 31.4 Å². The molecule has 2 N–H and O–H groups in total. The summed E-state index contributed by atoms with van der Waals surface area (Å²) >= 11 is 19.2. The van der Waals surface area contributed by atoms with Crippen LogP contribution < -0.4 is 9.81 Å². The highest BCUT2D eigenvalue weighted by molar-refractivity contribution is 7.92.